The Labute approximate surface area is 165 Å². The molecular weight excluding hydrogens is 350 g/mol. The van der Waals surface area contributed by atoms with Gasteiger partial charge in [0.2, 0.25) is 5.91 Å². The van der Waals surface area contributed by atoms with Crippen LogP contribution in [-0.4, -0.2) is 34.4 Å². The number of aryl methyl sites for hydroxylation is 1. The molecular formula is C23H25N3O2. The van der Waals surface area contributed by atoms with Crippen LogP contribution in [0.25, 0.3) is 10.9 Å². The molecule has 2 heterocycles. The smallest absolute Gasteiger partial charge is 0.254 e. The van der Waals surface area contributed by atoms with Crippen molar-refractivity contribution in [2.24, 2.45) is 0 Å². The summed E-state index contributed by atoms with van der Waals surface area (Å²) in [7, 11) is 0. The summed E-state index contributed by atoms with van der Waals surface area (Å²) in [6.45, 7) is 4.16. The summed E-state index contributed by atoms with van der Waals surface area (Å²) < 4.78 is 2.09. The number of nitrogens with one attached hydrogen (secondary N) is 1. The molecule has 2 amide bonds. The third-order valence-electron chi connectivity index (χ3n) is 5.49. The zero-order chi connectivity index (χ0) is 19.5. The van der Waals surface area contributed by atoms with E-state index in [-0.39, 0.29) is 11.8 Å². The van der Waals surface area contributed by atoms with E-state index in [9.17, 15) is 9.59 Å². The molecule has 1 fully saturated rings. The number of anilines is 1. The average molecular weight is 375 g/mol. The molecule has 0 unspecified atom stereocenters. The maximum absolute atomic E-state index is 12.7. The van der Waals surface area contributed by atoms with Crippen LogP contribution < -0.4 is 5.32 Å². The number of likely N-dealkylation sites (tertiary alicyclic amines) is 1. The number of para-hydroxylation sites is 1. The standard InChI is InChI=1S/C23H25N3O2/c1-17-19(23(28)26-13-4-5-14-26)8-6-9-20(17)24-22(27)12-16-25-15-11-18-7-2-3-10-21(18)25/h2-3,6-11,15H,4-5,12-14,16H2,1H3,(H,24,27). The molecule has 2 aromatic carbocycles. The Kier molecular flexibility index (Phi) is 5.15. The highest BCUT2D eigenvalue weighted by Crippen LogP contribution is 2.22. The predicted octanol–water partition coefficient (Wildman–Crippen LogP) is 4.21. The lowest BCUT2D eigenvalue weighted by Crippen LogP contribution is -2.28. The van der Waals surface area contributed by atoms with Gasteiger partial charge in [0.25, 0.3) is 5.91 Å². The molecule has 1 saturated heterocycles. The van der Waals surface area contributed by atoms with Crippen LogP contribution in [0.3, 0.4) is 0 Å². The quantitative estimate of drug-likeness (QED) is 0.726. The summed E-state index contributed by atoms with van der Waals surface area (Å²) in [5.41, 5.74) is 3.35. The van der Waals surface area contributed by atoms with E-state index in [4.69, 9.17) is 0 Å². The second-order valence-corrected chi connectivity index (χ2v) is 7.34. The second-order valence-electron chi connectivity index (χ2n) is 7.34. The van der Waals surface area contributed by atoms with Crippen molar-refractivity contribution < 1.29 is 9.59 Å². The van der Waals surface area contributed by atoms with Crippen LogP contribution in [-0.2, 0) is 11.3 Å². The van der Waals surface area contributed by atoms with Crippen molar-refractivity contribution >= 4 is 28.4 Å². The fourth-order valence-corrected chi connectivity index (χ4v) is 3.86. The summed E-state index contributed by atoms with van der Waals surface area (Å²) >= 11 is 0. The molecule has 4 rings (SSSR count). The molecule has 0 bridgehead atoms. The molecule has 1 aliphatic rings. The minimum atomic E-state index is -0.0494. The lowest BCUT2D eigenvalue weighted by Gasteiger charge is -2.18. The van der Waals surface area contributed by atoms with Crippen LogP contribution >= 0.6 is 0 Å². The summed E-state index contributed by atoms with van der Waals surface area (Å²) in [6.07, 6.45) is 4.52. The van der Waals surface area contributed by atoms with Crippen LogP contribution in [0, 0.1) is 6.92 Å². The number of carbonyl (C=O) groups is 2. The summed E-state index contributed by atoms with van der Waals surface area (Å²) in [5.74, 6) is 0.0107. The van der Waals surface area contributed by atoms with Gasteiger partial charge in [-0.2, -0.15) is 0 Å². The highest BCUT2D eigenvalue weighted by molar-refractivity contribution is 5.99. The van der Waals surface area contributed by atoms with Crippen molar-refractivity contribution in [3.05, 3.63) is 65.9 Å². The first-order chi connectivity index (χ1) is 13.6. The number of hydrogen-bond acceptors (Lipinski definition) is 2. The van der Waals surface area contributed by atoms with Crippen LogP contribution in [0.2, 0.25) is 0 Å². The molecule has 3 aromatic rings. The Morgan fingerprint density at radius 2 is 1.79 bits per heavy atom. The maximum atomic E-state index is 12.7. The third kappa shape index (κ3) is 3.65. The molecule has 0 spiro atoms. The Morgan fingerprint density at radius 3 is 2.61 bits per heavy atom. The zero-order valence-electron chi connectivity index (χ0n) is 16.1. The van der Waals surface area contributed by atoms with E-state index in [0.717, 1.165) is 37.0 Å². The molecule has 28 heavy (non-hydrogen) atoms. The molecule has 1 aliphatic heterocycles. The van der Waals surface area contributed by atoms with E-state index < -0.39 is 0 Å². The van der Waals surface area contributed by atoms with E-state index in [1.54, 1.807) is 0 Å². The number of nitrogens with zero attached hydrogens (tertiary/aromatic N) is 2. The van der Waals surface area contributed by atoms with Crippen molar-refractivity contribution in [2.45, 2.75) is 32.7 Å². The Balaban J connectivity index is 1.43. The fraction of sp³-hybridized carbons (Fsp3) is 0.304. The van der Waals surface area contributed by atoms with Crippen LogP contribution in [0.4, 0.5) is 5.69 Å². The second kappa shape index (κ2) is 7.89. The molecule has 0 aliphatic carbocycles. The van der Waals surface area contributed by atoms with E-state index in [1.807, 2.05) is 48.4 Å². The maximum Gasteiger partial charge on any atom is 0.254 e. The van der Waals surface area contributed by atoms with E-state index >= 15 is 0 Å². The Morgan fingerprint density at radius 1 is 1.00 bits per heavy atom. The van der Waals surface area contributed by atoms with E-state index in [0.29, 0.717) is 24.2 Å². The number of fused-ring (bicyclic) bond motifs is 1. The molecule has 0 atom stereocenters. The van der Waals surface area contributed by atoms with Crippen LogP contribution in [0.5, 0.6) is 0 Å². The highest BCUT2D eigenvalue weighted by Gasteiger charge is 2.22. The lowest BCUT2D eigenvalue weighted by molar-refractivity contribution is -0.116. The van der Waals surface area contributed by atoms with Crippen molar-refractivity contribution in [1.29, 1.82) is 0 Å². The van der Waals surface area contributed by atoms with E-state index in [2.05, 4.69) is 28.1 Å². The summed E-state index contributed by atoms with van der Waals surface area (Å²) in [4.78, 5) is 27.1. The molecule has 0 saturated carbocycles. The number of carbonyl (C=O) groups excluding carboxylic acids is 2. The van der Waals surface area contributed by atoms with Gasteiger partial charge in [-0.15, -0.1) is 0 Å². The van der Waals surface area contributed by atoms with Gasteiger partial charge in [0.05, 0.1) is 0 Å². The van der Waals surface area contributed by atoms with Crippen LogP contribution in [0.1, 0.15) is 35.2 Å². The molecule has 0 radical (unpaired) electrons. The predicted molar refractivity (Wildman–Crippen MR) is 112 cm³/mol. The third-order valence-corrected chi connectivity index (χ3v) is 5.49. The minimum absolute atomic E-state index is 0.0494. The minimum Gasteiger partial charge on any atom is -0.347 e. The number of benzene rings is 2. The van der Waals surface area contributed by atoms with Gasteiger partial charge in [-0.3, -0.25) is 9.59 Å². The normalized spacial score (nSPS) is 13.8. The lowest BCUT2D eigenvalue weighted by atomic mass is 10.1. The zero-order valence-corrected chi connectivity index (χ0v) is 16.1. The highest BCUT2D eigenvalue weighted by atomic mass is 16.2. The van der Waals surface area contributed by atoms with Gasteiger partial charge in [0, 0.05) is 49.0 Å². The van der Waals surface area contributed by atoms with Crippen molar-refractivity contribution in [1.82, 2.24) is 9.47 Å². The fourth-order valence-electron chi connectivity index (χ4n) is 3.86. The van der Waals surface area contributed by atoms with Gasteiger partial charge in [0.15, 0.2) is 0 Å². The Hall–Kier alpha value is -3.08. The number of rotatable bonds is 5. The van der Waals surface area contributed by atoms with Crippen molar-refractivity contribution in [3.63, 3.8) is 0 Å². The van der Waals surface area contributed by atoms with Gasteiger partial charge < -0.3 is 14.8 Å². The van der Waals surface area contributed by atoms with Crippen molar-refractivity contribution in [2.75, 3.05) is 18.4 Å². The van der Waals surface area contributed by atoms with Gasteiger partial charge in [0.1, 0.15) is 0 Å². The monoisotopic (exact) mass is 375 g/mol. The SMILES string of the molecule is Cc1c(NC(=O)CCn2ccc3ccccc32)cccc1C(=O)N1CCCC1. The number of hydrogen-bond donors (Lipinski definition) is 1. The first kappa shape index (κ1) is 18.3. The van der Waals surface area contributed by atoms with Gasteiger partial charge in [-0.25, -0.2) is 0 Å². The average Bonchev–Trinajstić information content (AvgIpc) is 3.38. The molecule has 144 valence electrons. The van der Waals surface area contributed by atoms with Gasteiger partial charge in [-0.05, 0) is 55.0 Å². The van der Waals surface area contributed by atoms with Gasteiger partial charge >= 0.3 is 0 Å². The number of aromatic nitrogens is 1. The first-order valence-corrected chi connectivity index (χ1v) is 9.86. The molecule has 1 aromatic heterocycles. The molecule has 1 N–H and O–H groups in total. The topological polar surface area (TPSA) is 54.3 Å². The van der Waals surface area contributed by atoms with E-state index in [1.165, 1.54) is 5.39 Å². The Bertz CT molecular complexity index is 1020. The number of amides is 2. The molecule has 5 nitrogen and oxygen atoms in total. The molecule has 5 heteroatoms. The first-order valence-electron chi connectivity index (χ1n) is 9.86. The summed E-state index contributed by atoms with van der Waals surface area (Å²) in [6, 6.07) is 15.7. The van der Waals surface area contributed by atoms with Crippen molar-refractivity contribution in [3.8, 4) is 0 Å². The summed E-state index contributed by atoms with van der Waals surface area (Å²) in [5, 5.41) is 4.16. The van der Waals surface area contributed by atoms with Crippen LogP contribution in [0.15, 0.2) is 54.7 Å². The van der Waals surface area contributed by atoms with Gasteiger partial charge in [-0.1, -0.05) is 24.3 Å². The largest absolute Gasteiger partial charge is 0.347 e.